The van der Waals surface area contributed by atoms with E-state index >= 15 is 0 Å². The summed E-state index contributed by atoms with van der Waals surface area (Å²) in [6.45, 7) is 0. The van der Waals surface area contributed by atoms with E-state index < -0.39 is 0 Å². The number of hydrogen-bond acceptors (Lipinski definition) is 3. The number of nitrogens with zero attached hydrogens (tertiary/aromatic N) is 3. The average Bonchev–Trinajstić information content (AvgIpc) is 3.21. The molecule has 0 saturated heterocycles. The molecule has 0 fully saturated rings. The van der Waals surface area contributed by atoms with Crippen LogP contribution in [-0.4, -0.2) is 14.4 Å². The van der Waals surface area contributed by atoms with Gasteiger partial charge < -0.3 is 0 Å². The van der Waals surface area contributed by atoms with Crippen LogP contribution in [0, 0.1) is 0 Å². The lowest BCUT2D eigenvalue weighted by Crippen LogP contribution is -1.80. The van der Waals surface area contributed by atoms with E-state index in [1.165, 1.54) is 11.1 Å². The van der Waals surface area contributed by atoms with Crippen LogP contribution in [0.4, 0.5) is 0 Å². The fourth-order valence-corrected chi connectivity index (χ4v) is 3.93. The van der Waals surface area contributed by atoms with Crippen molar-refractivity contribution in [2.45, 2.75) is 0 Å². The molecule has 0 spiro atoms. The minimum Gasteiger partial charge on any atom is -0.290 e. The molecule has 0 atom stereocenters. The second kappa shape index (κ2) is 5.28. The van der Waals surface area contributed by atoms with Gasteiger partial charge in [0.25, 0.3) is 0 Å². The van der Waals surface area contributed by atoms with Crippen molar-refractivity contribution in [3.05, 3.63) is 79.3 Å². The Morgan fingerprint density at radius 1 is 0.792 bits per heavy atom. The van der Waals surface area contributed by atoms with Crippen molar-refractivity contribution in [3.63, 3.8) is 0 Å². The zero-order valence-corrected chi connectivity index (χ0v) is 13.6. The van der Waals surface area contributed by atoms with Crippen molar-refractivity contribution in [2.24, 2.45) is 0 Å². The Balaban J connectivity index is 1.57. The zero-order chi connectivity index (χ0) is 15.9. The van der Waals surface area contributed by atoms with E-state index in [9.17, 15) is 0 Å². The lowest BCUT2D eigenvalue weighted by Gasteiger charge is -2.02. The molecule has 0 unspecified atom stereocenters. The third-order valence-electron chi connectivity index (χ3n) is 4.18. The molecule has 2 aromatic carbocycles. The first kappa shape index (κ1) is 13.5. The zero-order valence-electron chi connectivity index (χ0n) is 12.8. The van der Waals surface area contributed by atoms with Crippen LogP contribution < -0.4 is 0 Å². The Hall–Kier alpha value is -2.98. The lowest BCUT2D eigenvalue weighted by molar-refractivity contribution is 1.28. The number of fused-ring (bicyclic) bond motifs is 3. The molecule has 0 bridgehead atoms. The van der Waals surface area contributed by atoms with E-state index in [1.807, 2.05) is 24.5 Å². The third-order valence-corrected chi connectivity index (χ3v) is 5.19. The summed E-state index contributed by atoms with van der Waals surface area (Å²) in [6.07, 6.45) is 5.82. The van der Waals surface area contributed by atoms with Gasteiger partial charge >= 0.3 is 0 Å². The van der Waals surface area contributed by atoms with E-state index in [1.54, 1.807) is 11.3 Å². The van der Waals surface area contributed by atoms with Crippen molar-refractivity contribution in [1.29, 1.82) is 0 Å². The fraction of sp³-hybridized carbons (Fsp3) is 0. The van der Waals surface area contributed by atoms with Crippen LogP contribution >= 0.6 is 11.3 Å². The quantitative estimate of drug-likeness (QED) is 0.442. The van der Waals surface area contributed by atoms with Gasteiger partial charge in [-0.3, -0.25) is 9.38 Å². The molecule has 0 N–H and O–H groups in total. The highest BCUT2D eigenvalue weighted by molar-refractivity contribution is 7.23. The Morgan fingerprint density at radius 3 is 2.38 bits per heavy atom. The average molecular weight is 327 g/mol. The highest BCUT2D eigenvalue weighted by Gasteiger charge is 2.10. The topological polar surface area (TPSA) is 30.2 Å². The van der Waals surface area contributed by atoms with E-state index in [0.29, 0.717) is 0 Å². The monoisotopic (exact) mass is 327 g/mol. The molecule has 0 aliphatic rings. The van der Waals surface area contributed by atoms with Gasteiger partial charge in [-0.1, -0.05) is 65.9 Å². The number of benzene rings is 2. The number of hydrogen-bond donors (Lipinski definition) is 0. The number of aromatic nitrogens is 3. The summed E-state index contributed by atoms with van der Waals surface area (Å²) < 4.78 is 3.30. The van der Waals surface area contributed by atoms with Crippen molar-refractivity contribution in [3.8, 4) is 22.4 Å². The summed E-state index contributed by atoms with van der Waals surface area (Å²) in [5, 5.41) is 0. The van der Waals surface area contributed by atoms with Gasteiger partial charge in [0.05, 0.1) is 15.9 Å². The molecule has 0 aliphatic heterocycles. The molecule has 0 amide bonds. The summed E-state index contributed by atoms with van der Waals surface area (Å²) in [5.41, 5.74) is 5.74. The first-order valence-electron chi connectivity index (χ1n) is 7.76. The van der Waals surface area contributed by atoms with E-state index in [4.69, 9.17) is 4.98 Å². The highest BCUT2D eigenvalue weighted by Crippen LogP contribution is 2.29. The number of rotatable bonds is 2. The van der Waals surface area contributed by atoms with Gasteiger partial charge in [0.15, 0.2) is 4.96 Å². The summed E-state index contributed by atoms with van der Waals surface area (Å²) in [7, 11) is 0. The standard InChI is InChI=1S/C20H13N3S/c1-2-4-14(5-3-1)15-6-8-16(9-7-15)17-13-23-18-10-11-21-12-19(18)24-20(23)22-17/h1-13H. The molecule has 3 nitrogen and oxygen atoms in total. The Bertz CT molecular complexity index is 1140. The molecular formula is C20H13N3S. The normalized spacial score (nSPS) is 11.3. The van der Waals surface area contributed by atoms with Gasteiger partial charge in [-0.05, 0) is 17.2 Å². The molecule has 4 heteroatoms. The van der Waals surface area contributed by atoms with Crippen LogP contribution in [0.25, 0.3) is 37.6 Å². The predicted molar refractivity (Wildman–Crippen MR) is 99.2 cm³/mol. The first-order valence-corrected chi connectivity index (χ1v) is 8.58. The van der Waals surface area contributed by atoms with E-state index in [-0.39, 0.29) is 0 Å². The van der Waals surface area contributed by atoms with Crippen molar-refractivity contribution >= 4 is 26.5 Å². The SMILES string of the molecule is c1ccc(-c2ccc(-c3cn4c(n3)sc3cnccc34)cc2)cc1. The number of pyridine rings is 1. The van der Waals surface area contributed by atoms with Crippen molar-refractivity contribution in [2.75, 3.05) is 0 Å². The minimum atomic E-state index is 1.000. The Morgan fingerprint density at radius 2 is 1.54 bits per heavy atom. The third kappa shape index (κ3) is 2.12. The summed E-state index contributed by atoms with van der Waals surface area (Å²) >= 11 is 1.67. The largest absolute Gasteiger partial charge is 0.290 e. The van der Waals surface area contributed by atoms with Crippen LogP contribution in [0.5, 0.6) is 0 Å². The van der Waals surface area contributed by atoms with Gasteiger partial charge in [-0.25, -0.2) is 4.98 Å². The van der Waals surface area contributed by atoms with Gasteiger partial charge in [-0.2, -0.15) is 0 Å². The number of thiazole rings is 1. The van der Waals surface area contributed by atoms with Gasteiger partial charge in [0.1, 0.15) is 0 Å². The van der Waals surface area contributed by atoms with Crippen LogP contribution in [0.2, 0.25) is 0 Å². The predicted octanol–water partition coefficient (Wildman–Crippen LogP) is 5.28. The molecule has 114 valence electrons. The second-order valence-corrected chi connectivity index (χ2v) is 6.68. The molecule has 0 aliphatic carbocycles. The molecule has 0 saturated carbocycles. The fourth-order valence-electron chi connectivity index (χ4n) is 2.96. The second-order valence-electron chi connectivity index (χ2n) is 5.67. The van der Waals surface area contributed by atoms with E-state index in [0.717, 1.165) is 26.4 Å². The maximum atomic E-state index is 4.78. The number of imidazole rings is 1. The lowest BCUT2D eigenvalue weighted by atomic mass is 10.0. The van der Waals surface area contributed by atoms with Gasteiger partial charge in [-0.15, -0.1) is 0 Å². The molecule has 3 heterocycles. The van der Waals surface area contributed by atoms with Crippen LogP contribution in [0.15, 0.2) is 79.3 Å². The van der Waals surface area contributed by atoms with Gasteiger partial charge in [0, 0.05) is 24.2 Å². The summed E-state index contributed by atoms with van der Waals surface area (Å²) in [6, 6.07) is 21.0. The maximum Gasteiger partial charge on any atom is 0.195 e. The molecule has 3 aromatic heterocycles. The molecule has 24 heavy (non-hydrogen) atoms. The Labute approximate surface area is 142 Å². The summed E-state index contributed by atoms with van der Waals surface area (Å²) in [4.78, 5) is 9.95. The van der Waals surface area contributed by atoms with Crippen molar-refractivity contribution < 1.29 is 0 Å². The van der Waals surface area contributed by atoms with Crippen LogP contribution in [0.1, 0.15) is 0 Å². The highest BCUT2D eigenvalue weighted by atomic mass is 32.1. The first-order chi connectivity index (χ1) is 11.9. The molecule has 5 aromatic rings. The van der Waals surface area contributed by atoms with Crippen LogP contribution in [0.3, 0.4) is 0 Å². The smallest absolute Gasteiger partial charge is 0.195 e. The minimum absolute atomic E-state index is 1.000. The van der Waals surface area contributed by atoms with Crippen molar-refractivity contribution in [1.82, 2.24) is 14.4 Å². The molecule has 5 rings (SSSR count). The van der Waals surface area contributed by atoms with Crippen LogP contribution in [-0.2, 0) is 0 Å². The Kier molecular flexibility index (Phi) is 2.96. The molecule has 0 radical (unpaired) electrons. The molecular weight excluding hydrogens is 314 g/mol. The maximum absolute atomic E-state index is 4.78. The summed E-state index contributed by atoms with van der Waals surface area (Å²) in [5.74, 6) is 0. The van der Waals surface area contributed by atoms with E-state index in [2.05, 4.69) is 64.1 Å². The van der Waals surface area contributed by atoms with Gasteiger partial charge in [0.2, 0.25) is 0 Å².